The van der Waals surface area contributed by atoms with Crippen molar-refractivity contribution in [2.75, 3.05) is 6.61 Å². The number of hydrogen-bond acceptors (Lipinski definition) is 1. The van der Waals surface area contributed by atoms with E-state index in [1.165, 1.54) is 6.07 Å². The van der Waals surface area contributed by atoms with Gasteiger partial charge in [0.25, 0.3) is 0 Å². The lowest BCUT2D eigenvalue weighted by Gasteiger charge is -2.01. The van der Waals surface area contributed by atoms with Crippen LogP contribution in [0.25, 0.3) is 0 Å². The third kappa shape index (κ3) is 1.83. The Morgan fingerprint density at radius 3 is 2.82 bits per heavy atom. The minimum atomic E-state index is -0.768. The first kappa shape index (κ1) is 7.85. The van der Waals surface area contributed by atoms with Crippen molar-refractivity contribution in [3.05, 3.63) is 24.0 Å². The van der Waals surface area contributed by atoms with Gasteiger partial charge in [-0.25, -0.2) is 4.39 Å². The third-order valence-corrected chi connectivity index (χ3v) is 1.21. The minimum absolute atomic E-state index is 0.393. The Morgan fingerprint density at radius 1 is 1.55 bits per heavy atom. The highest BCUT2D eigenvalue weighted by Gasteiger charge is 2.02. The van der Waals surface area contributed by atoms with E-state index in [0.29, 0.717) is 12.4 Å². The van der Waals surface area contributed by atoms with Crippen LogP contribution in [0.3, 0.4) is 0 Å². The first-order chi connectivity index (χ1) is 5.24. The summed E-state index contributed by atoms with van der Waals surface area (Å²) in [5, 5.41) is 10.5. The molecule has 0 saturated carbocycles. The lowest BCUT2D eigenvalue weighted by Crippen LogP contribution is -1.91. The summed E-state index contributed by atoms with van der Waals surface area (Å²) in [6.07, 6.45) is 0. The maximum Gasteiger partial charge on any atom is 0.214 e. The highest BCUT2D eigenvalue weighted by atomic mass is 19.1. The topological polar surface area (TPSA) is 29.1 Å². The van der Waals surface area contributed by atoms with Crippen molar-refractivity contribution >= 4 is 0 Å². The van der Waals surface area contributed by atoms with Crippen LogP contribution in [0.1, 0.15) is 6.92 Å². The van der Waals surface area contributed by atoms with Crippen LogP contribution >= 0.6 is 0 Å². The Kier molecular flexibility index (Phi) is 2.31. The van der Waals surface area contributed by atoms with Crippen molar-refractivity contribution in [1.82, 2.24) is 0 Å². The average Bonchev–Trinajstić information content (AvgIpc) is 1.98. The molecule has 0 amide bonds. The number of halogens is 1. The maximum absolute atomic E-state index is 12.5. The lowest BCUT2D eigenvalue weighted by atomic mass is 10.3. The van der Waals surface area contributed by atoms with Gasteiger partial charge in [-0.3, -0.25) is 5.11 Å². The molecule has 1 aromatic carbocycles. The molecule has 0 heterocycles. The van der Waals surface area contributed by atoms with E-state index in [-0.39, 0.29) is 0 Å². The van der Waals surface area contributed by atoms with Crippen LogP contribution in [-0.2, 0) is 5.11 Å². The second-order valence-electron chi connectivity index (χ2n) is 2.03. The molecule has 0 bridgehead atoms. The summed E-state index contributed by atoms with van der Waals surface area (Å²) in [5.41, 5.74) is 0. The molecule has 0 aliphatic rings. The van der Waals surface area contributed by atoms with Crippen LogP contribution in [0.2, 0.25) is 0 Å². The van der Waals surface area contributed by atoms with Crippen LogP contribution in [-0.4, -0.2) is 6.61 Å². The molecule has 0 spiro atoms. The van der Waals surface area contributed by atoms with Crippen LogP contribution in [0.15, 0.2) is 18.2 Å². The predicted octanol–water partition coefficient (Wildman–Crippen LogP) is 2.37. The van der Waals surface area contributed by atoms with E-state index in [0.717, 1.165) is 12.1 Å². The molecule has 1 radical (unpaired) electrons. The van der Waals surface area contributed by atoms with Gasteiger partial charge in [0.2, 0.25) is 5.75 Å². The van der Waals surface area contributed by atoms with Crippen molar-refractivity contribution in [3.8, 4) is 11.5 Å². The Balaban J connectivity index is 2.86. The second-order valence-corrected chi connectivity index (χ2v) is 2.03. The van der Waals surface area contributed by atoms with Crippen molar-refractivity contribution in [2.45, 2.75) is 6.92 Å². The molecule has 0 aliphatic heterocycles. The van der Waals surface area contributed by atoms with Gasteiger partial charge in [-0.05, 0) is 19.1 Å². The molecular weight excluding hydrogens is 147 g/mol. The summed E-state index contributed by atoms with van der Waals surface area (Å²) in [6, 6.07) is 3.70. The SMILES string of the molecule is CCOc1ccc([O])c(F)c1. The quantitative estimate of drug-likeness (QED) is 0.644. The van der Waals surface area contributed by atoms with E-state index in [9.17, 15) is 9.50 Å². The zero-order valence-electron chi connectivity index (χ0n) is 6.13. The standard InChI is InChI=1S/C8H8FO2/c1-2-11-6-3-4-8(10)7(9)5-6/h3-5H,2H2,1H3. The van der Waals surface area contributed by atoms with Gasteiger partial charge in [0.15, 0.2) is 5.82 Å². The molecule has 3 heteroatoms. The van der Waals surface area contributed by atoms with Gasteiger partial charge in [0.1, 0.15) is 5.75 Å². The second kappa shape index (κ2) is 3.23. The molecular formula is C8H8FO2. The number of rotatable bonds is 2. The molecule has 0 fully saturated rings. The molecule has 0 unspecified atom stereocenters. The summed E-state index contributed by atoms with van der Waals surface area (Å²) in [6.45, 7) is 2.26. The fraction of sp³-hybridized carbons (Fsp3) is 0.250. The smallest absolute Gasteiger partial charge is 0.214 e. The first-order valence-corrected chi connectivity index (χ1v) is 3.33. The molecule has 59 valence electrons. The molecule has 1 rings (SSSR count). The van der Waals surface area contributed by atoms with Gasteiger partial charge in [0.05, 0.1) is 6.61 Å². The van der Waals surface area contributed by atoms with Crippen molar-refractivity contribution in [3.63, 3.8) is 0 Å². The summed E-state index contributed by atoms with van der Waals surface area (Å²) in [7, 11) is 0. The van der Waals surface area contributed by atoms with Crippen molar-refractivity contribution in [1.29, 1.82) is 0 Å². The molecule has 2 nitrogen and oxygen atoms in total. The zero-order valence-corrected chi connectivity index (χ0v) is 6.13. The van der Waals surface area contributed by atoms with Crippen molar-refractivity contribution < 1.29 is 14.2 Å². The monoisotopic (exact) mass is 155 g/mol. The van der Waals surface area contributed by atoms with E-state index in [1.54, 1.807) is 6.92 Å². The molecule has 0 atom stereocenters. The highest BCUT2D eigenvalue weighted by Crippen LogP contribution is 2.21. The fourth-order valence-electron chi connectivity index (χ4n) is 0.738. The van der Waals surface area contributed by atoms with E-state index in [1.807, 2.05) is 0 Å². The zero-order chi connectivity index (χ0) is 8.27. The van der Waals surface area contributed by atoms with Crippen LogP contribution < -0.4 is 4.74 Å². The average molecular weight is 155 g/mol. The number of ether oxygens (including phenoxy) is 1. The lowest BCUT2D eigenvalue weighted by molar-refractivity contribution is 0.317. The Morgan fingerprint density at radius 2 is 2.27 bits per heavy atom. The number of hydrogen-bond donors (Lipinski definition) is 0. The van der Waals surface area contributed by atoms with Crippen LogP contribution in [0.5, 0.6) is 11.5 Å². The molecule has 0 N–H and O–H groups in total. The third-order valence-electron chi connectivity index (χ3n) is 1.21. The van der Waals surface area contributed by atoms with E-state index in [4.69, 9.17) is 4.74 Å². The van der Waals surface area contributed by atoms with Crippen molar-refractivity contribution in [2.24, 2.45) is 0 Å². The minimum Gasteiger partial charge on any atom is -0.494 e. The van der Waals surface area contributed by atoms with Gasteiger partial charge in [-0.2, -0.15) is 0 Å². The van der Waals surface area contributed by atoms with Gasteiger partial charge in [-0.1, -0.05) is 0 Å². The number of benzene rings is 1. The first-order valence-electron chi connectivity index (χ1n) is 3.33. The Labute approximate surface area is 64.2 Å². The maximum atomic E-state index is 12.5. The van der Waals surface area contributed by atoms with E-state index < -0.39 is 11.6 Å². The van der Waals surface area contributed by atoms with E-state index >= 15 is 0 Å². The molecule has 11 heavy (non-hydrogen) atoms. The Bertz CT molecular complexity index is 248. The van der Waals surface area contributed by atoms with Gasteiger partial charge in [0, 0.05) is 6.07 Å². The van der Waals surface area contributed by atoms with Crippen LogP contribution in [0, 0.1) is 5.82 Å². The van der Waals surface area contributed by atoms with Gasteiger partial charge in [-0.15, -0.1) is 0 Å². The summed E-state index contributed by atoms with van der Waals surface area (Å²) in [4.78, 5) is 0. The van der Waals surface area contributed by atoms with Gasteiger partial charge < -0.3 is 4.74 Å². The summed E-state index contributed by atoms with van der Waals surface area (Å²) >= 11 is 0. The van der Waals surface area contributed by atoms with E-state index in [2.05, 4.69) is 0 Å². The molecule has 0 saturated heterocycles. The highest BCUT2D eigenvalue weighted by molar-refractivity contribution is 5.31. The molecule has 1 aromatic rings. The Hall–Kier alpha value is -1.25. The largest absolute Gasteiger partial charge is 0.494 e. The van der Waals surface area contributed by atoms with Crippen LogP contribution in [0.4, 0.5) is 4.39 Å². The molecule has 0 aliphatic carbocycles. The summed E-state index contributed by atoms with van der Waals surface area (Å²) < 4.78 is 17.5. The fourth-order valence-corrected chi connectivity index (χ4v) is 0.738. The van der Waals surface area contributed by atoms with Gasteiger partial charge >= 0.3 is 0 Å². The predicted molar refractivity (Wildman–Crippen MR) is 37.7 cm³/mol. The molecule has 0 aromatic heterocycles. The summed E-state index contributed by atoms with van der Waals surface area (Å²) in [5.74, 6) is -0.978. The normalized spacial score (nSPS) is 9.64.